The molecule has 0 radical (unpaired) electrons. The van der Waals surface area contributed by atoms with E-state index in [1.807, 2.05) is 0 Å². The Balaban J connectivity index is 0.00000144. The van der Waals surface area contributed by atoms with Gasteiger partial charge in [-0.3, -0.25) is 4.79 Å². The van der Waals surface area contributed by atoms with Gasteiger partial charge in [-0.15, -0.1) is 12.4 Å². The lowest BCUT2D eigenvalue weighted by molar-refractivity contribution is -0.138. The van der Waals surface area contributed by atoms with E-state index in [1.165, 1.54) is 12.1 Å². The standard InChI is InChI=1S/C8H9NO3.ClH/c9-7(8(11)12)5-2-1-3-6(10)4-5;/h1-4,7,10H,9H2,(H,11,12);1H. The van der Waals surface area contributed by atoms with Crippen molar-refractivity contribution in [1.82, 2.24) is 0 Å². The van der Waals surface area contributed by atoms with Gasteiger partial charge in [0.25, 0.3) is 0 Å². The first-order chi connectivity index (χ1) is 5.61. The van der Waals surface area contributed by atoms with Crippen LogP contribution >= 0.6 is 12.4 Å². The van der Waals surface area contributed by atoms with Crippen LogP contribution in [0.4, 0.5) is 0 Å². The quantitative estimate of drug-likeness (QED) is 0.667. The molecule has 0 heterocycles. The number of benzene rings is 1. The number of rotatable bonds is 2. The summed E-state index contributed by atoms with van der Waals surface area (Å²) in [5.41, 5.74) is 5.69. The smallest absolute Gasteiger partial charge is 0.325 e. The van der Waals surface area contributed by atoms with Crippen molar-refractivity contribution in [1.29, 1.82) is 0 Å². The molecule has 0 fully saturated rings. The molecule has 1 atom stereocenters. The molecule has 0 saturated heterocycles. The van der Waals surface area contributed by atoms with Crippen molar-refractivity contribution in [3.8, 4) is 5.75 Å². The minimum atomic E-state index is -1.11. The second-order valence-corrected chi connectivity index (χ2v) is 2.41. The number of carboxylic acid groups (broad SMARTS) is 1. The Hall–Kier alpha value is -1.26. The van der Waals surface area contributed by atoms with Crippen molar-refractivity contribution in [2.45, 2.75) is 6.04 Å². The number of hydrogen-bond donors (Lipinski definition) is 3. The molecule has 0 amide bonds. The van der Waals surface area contributed by atoms with Gasteiger partial charge in [-0.05, 0) is 17.7 Å². The number of hydrogen-bond acceptors (Lipinski definition) is 3. The van der Waals surface area contributed by atoms with Crippen molar-refractivity contribution >= 4 is 18.4 Å². The van der Waals surface area contributed by atoms with Gasteiger partial charge in [0.2, 0.25) is 0 Å². The molecule has 0 spiro atoms. The third-order valence-electron chi connectivity index (χ3n) is 1.50. The average Bonchev–Trinajstić information content (AvgIpc) is 2.03. The molecule has 4 nitrogen and oxygen atoms in total. The van der Waals surface area contributed by atoms with Gasteiger partial charge in [0, 0.05) is 0 Å². The van der Waals surface area contributed by atoms with Crippen LogP contribution in [0.1, 0.15) is 11.6 Å². The molecule has 1 rings (SSSR count). The number of phenolic OH excluding ortho intramolecular Hbond substituents is 1. The SMILES string of the molecule is Cl.NC(C(=O)O)c1cccc(O)c1. The fourth-order valence-electron chi connectivity index (χ4n) is 0.861. The summed E-state index contributed by atoms with van der Waals surface area (Å²) in [7, 11) is 0. The molecule has 0 aliphatic rings. The fourth-order valence-corrected chi connectivity index (χ4v) is 0.861. The largest absolute Gasteiger partial charge is 0.508 e. The minimum absolute atomic E-state index is 0. The summed E-state index contributed by atoms with van der Waals surface area (Å²) in [5.74, 6) is -1.09. The second kappa shape index (κ2) is 4.69. The number of nitrogens with two attached hydrogens (primary N) is 1. The molecular weight excluding hydrogens is 194 g/mol. The van der Waals surface area contributed by atoms with Gasteiger partial charge in [-0.1, -0.05) is 12.1 Å². The van der Waals surface area contributed by atoms with Crippen molar-refractivity contribution in [2.24, 2.45) is 5.73 Å². The maximum atomic E-state index is 10.4. The summed E-state index contributed by atoms with van der Waals surface area (Å²) >= 11 is 0. The first-order valence-electron chi connectivity index (χ1n) is 3.38. The van der Waals surface area contributed by atoms with Crippen LogP contribution in [0.3, 0.4) is 0 Å². The van der Waals surface area contributed by atoms with Crippen LogP contribution in [0.5, 0.6) is 5.75 Å². The van der Waals surface area contributed by atoms with E-state index in [2.05, 4.69) is 0 Å². The summed E-state index contributed by atoms with van der Waals surface area (Å²) in [4.78, 5) is 10.4. The lowest BCUT2D eigenvalue weighted by atomic mass is 10.1. The van der Waals surface area contributed by atoms with E-state index < -0.39 is 12.0 Å². The van der Waals surface area contributed by atoms with E-state index in [9.17, 15) is 4.79 Å². The predicted molar refractivity (Wildman–Crippen MR) is 49.9 cm³/mol. The van der Waals surface area contributed by atoms with Crippen LogP contribution in [-0.2, 0) is 4.79 Å². The highest BCUT2D eigenvalue weighted by molar-refractivity contribution is 5.85. The molecule has 0 aliphatic carbocycles. The van der Waals surface area contributed by atoms with Crippen LogP contribution in [0.25, 0.3) is 0 Å². The Labute approximate surface area is 81.4 Å². The Morgan fingerprint density at radius 1 is 1.46 bits per heavy atom. The van der Waals surface area contributed by atoms with E-state index in [0.717, 1.165) is 0 Å². The van der Waals surface area contributed by atoms with Gasteiger partial charge in [-0.2, -0.15) is 0 Å². The summed E-state index contributed by atoms with van der Waals surface area (Å²) in [6.45, 7) is 0. The molecule has 0 bridgehead atoms. The molecule has 0 aliphatic heterocycles. The average molecular weight is 204 g/mol. The first kappa shape index (κ1) is 11.7. The predicted octanol–water partition coefficient (Wildman–Crippen LogP) is 0.898. The summed E-state index contributed by atoms with van der Waals surface area (Å²) in [5, 5.41) is 17.5. The zero-order chi connectivity index (χ0) is 9.14. The number of aliphatic carboxylic acids is 1. The normalized spacial score (nSPS) is 11.5. The highest BCUT2D eigenvalue weighted by Crippen LogP contribution is 2.16. The van der Waals surface area contributed by atoms with Crippen molar-refractivity contribution < 1.29 is 15.0 Å². The molecule has 13 heavy (non-hydrogen) atoms. The molecule has 0 saturated carbocycles. The van der Waals surface area contributed by atoms with Gasteiger partial charge >= 0.3 is 5.97 Å². The molecule has 5 heteroatoms. The second-order valence-electron chi connectivity index (χ2n) is 2.41. The summed E-state index contributed by atoms with van der Waals surface area (Å²) in [6, 6.07) is 4.82. The Morgan fingerprint density at radius 3 is 2.54 bits per heavy atom. The van der Waals surface area contributed by atoms with E-state index >= 15 is 0 Å². The van der Waals surface area contributed by atoms with E-state index in [4.69, 9.17) is 15.9 Å². The molecule has 1 aromatic rings. The van der Waals surface area contributed by atoms with Gasteiger partial charge in [0.1, 0.15) is 11.8 Å². The van der Waals surface area contributed by atoms with Gasteiger partial charge < -0.3 is 15.9 Å². The van der Waals surface area contributed by atoms with E-state index in [0.29, 0.717) is 5.56 Å². The third kappa shape index (κ3) is 2.93. The van der Waals surface area contributed by atoms with Crippen LogP contribution < -0.4 is 5.73 Å². The van der Waals surface area contributed by atoms with Gasteiger partial charge in [0.15, 0.2) is 0 Å². The fraction of sp³-hybridized carbons (Fsp3) is 0.125. The van der Waals surface area contributed by atoms with Crippen molar-refractivity contribution in [3.63, 3.8) is 0 Å². The number of phenols is 1. The van der Waals surface area contributed by atoms with Crippen LogP contribution in [-0.4, -0.2) is 16.2 Å². The molecular formula is C8H10ClNO3. The molecule has 1 unspecified atom stereocenters. The zero-order valence-electron chi connectivity index (χ0n) is 6.68. The highest BCUT2D eigenvalue weighted by Gasteiger charge is 2.13. The van der Waals surface area contributed by atoms with Gasteiger partial charge in [0.05, 0.1) is 0 Å². The Kier molecular flexibility index (Phi) is 4.23. The topological polar surface area (TPSA) is 83.6 Å². The molecule has 0 aromatic heterocycles. The highest BCUT2D eigenvalue weighted by atomic mass is 35.5. The minimum Gasteiger partial charge on any atom is -0.508 e. The lowest BCUT2D eigenvalue weighted by Gasteiger charge is -2.05. The monoisotopic (exact) mass is 203 g/mol. The van der Waals surface area contributed by atoms with Crippen LogP contribution in [0.15, 0.2) is 24.3 Å². The Morgan fingerprint density at radius 2 is 2.08 bits per heavy atom. The number of aromatic hydroxyl groups is 1. The van der Waals surface area contributed by atoms with Gasteiger partial charge in [-0.25, -0.2) is 0 Å². The van der Waals surface area contributed by atoms with Crippen LogP contribution in [0, 0.1) is 0 Å². The molecule has 1 aromatic carbocycles. The van der Waals surface area contributed by atoms with Crippen molar-refractivity contribution in [2.75, 3.05) is 0 Å². The van der Waals surface area contributed by atoms with E-state index in [-0.39, 0.29) is 18.2 Å². The number of carboxylic acids is 1. The summed E-state index contributed by atoms with van der Waals surface area (Å²) < 4.78 is 0. The number of halogens is 1. The maximum Gasteiger partial charge on any atom is 0.325 e. The Bertz CT molecular complexity index is 303. The number of carbonyl (C=O) groups is 1. The van der Waals surface area contributed by atoms with Crippen LogP contribution in [0.2, 0.25) is 0 Å². The molecule has 72 valence electrons. The summed E-state index contributed by atoms with van der Waals surface area (Å²) in [6.07, 6.45) is 0. The van der Waals surface area contributed by atoms with Crippen molar-refractivity contribution in [3.05, 3.63) is 29.8 Å². The molecule has 4 N–H and O–H groups in total. The first-order valence-corrected chi connectivity index (χ1v) is 3.38. The zero-order valence-corrected chi connectivity index (χ0v) is 7.49. The lowest BCUT2D eigenvalue weighted by Crippen LogP contribution is -2.20. The van der Waals surface area contributed by atoms with E-state index in [1.54, 1.807) is 12.1 Å². The maximum absolute atomic E-state index is 10.4. The third-order valence-corrected chi connectivity index (χ3v) is 1.50.